The highest BCUT2D eigenvalue weighted by atomic mass is 16.4. The fraction of sp³-hybridized carbons (Fsp3) is 0.542. The summed E-state index contributed by atoms with van der Waals surface area (Å²) in [6, 6.07) is 1.37. The second kappa shape index (κ2) is 12.9. The van der Waals surface area contributed by atoms with E-state index in [1.807, 2.05) is 0 Å². The summed E-state index contributed by atoms with van der Waals surface area (Å²) in [5, 5.41) is 33.0. The lowest BCUT2D eigenvalue weighted by Gasteiger charge is -2.30. The molecule has 0 saturated carbocycles. The molecule has 36 heavy (non-hydrogen) atoms. The molecule has 0 radical (unpaired) electrons. The van der Waals surface area contributed by atoms with Gasteiger partial charge in [0.05, 0.1) is 12.5 Å². The van der Waals surface area contributed by atoms with Crippen LogP contribution < -0.4 is 16.4 Å². The van der Waals surface area contributed by atoms with Crippen LogP contribution in [0.5, 0.6) is 5.75 Å². The molecule has 12 heteroatoms. The molecule has 1 heterocycles. The van der Waals surface area contributed by atoms with Crippen LogP contribution >= 0.6 is 0 Å². The van der Waals surface area contributed by atoms with Crippen LogP contribution in [-0.4, -0.2) is 80.6 Å². The molecule has 0 bridgehead atoms. The maximum Gasteiger partial charge on any atom is 0.326 e. The van der Waals surface area contributed by atoms with E-state index in [1.54, 1.807) is 26.0 Å². The standard InChI is InChI=1S/C24H34N4O8/c1-3-13(2)20(24(35)36)27-22(33)18-5-4-10-28(18)23(34)17(12-19(30)31)26-21(32)16(25)11-14-6-8-15(29)9-7-14/h6-9,13,16-18,20,29H,3-5,10-12,25H2,1-2H3,(H,26,32)(H,27,33)(H,30,31)(H,35,36). The van der Waals surface area contributed by atoms with Gasteiger partial charge in [-0.1, -0.05) is 32.4 Å². The summed E-state index contributed by atoms with van der Waals surface area (Å²) < 4.78 is 0. The van der Waals surface area contributed by atoms with Crippen molar-refractivity contribution in [2.75, 3.05) is 6.54 Å². The third kappa shape index (κ3) is 7.67. The van der Waals surface area contributed by atoms with Gasteiger partial charge in [0.25, 0.3) is 0 Å². The Hall–Kier alpha value is -3.67. The Morgan fingerprint density at radius 2 is 1.75 bits per heavy atom. The van der Waals surface area contributed by atoms with Gasteiger partial charge in [-0.25, -0.2) is 4.79 Å². The molecule has 5 atom stereocenters. The van der Waals surface area contributed by atoms with E-state index < -0.39 is 60.2 Å². The quantitative estimate of drug-likeness (QED) is 0.223. The van der Waals surface area contributed by atoms with E-state index in [0.717, 1.165) is 0 Å². The van der Waals surface area contributed by atoms with Gasteiger partial charge in [0.1, 0.15) is 23.9 Å². The van der Waals surface area contributed by atoms with Crippen LogP contribution in [0.2, 0.25) is 0 Å². The lowest BCUT2D eigenvalue weighted by molar-refractivity contribution is -0.147. The van der Waals surface area contributed by atoms with Gasteiger partial charge < -0.3 is 36.6 Å². The van der Waals surface area contributed by atoms with Gasteiger partial charge in [-0.15, -0.1) is 0 Å². The number of carboxylic acids is 2. The molecule has 7 N–H and O–H groups in total. The molecule has 1 aliphatic rings. The molecule has 5 unspecified atom stereocenters. The minimum absolute atomic E-state index is 0.0481. The molecule has 1 aromatic carbocycles. The second-order valence-electron chi connectivity index (χ2n) is 9.04. The number of nitrogens with one attached hydrogen (secondary N) is 2. The first kappa shape index (κ1) is 28.6. The molecule has 1 saturated heterocycles. The molecule has 0 aliphatic carbocycles. The SMILES string of the molecule is CCC(C)C(NC(=O)C1CCCN1C(=O)C(CC(=O)O)NC(=O)C(N)Cc1ccc(O)cc1)C(=O)O. The smallest absolute Gasteiger partial charge is 0.326 e. The van der Waals surface area contributed by atoms with E-state index in [9.17, 15) is 39.3 Å². The van der Waals surface area contributed by atoms with E-state index in [-0.39, 0.29) is 31.1 Å². The first-order valence-electron chi connectivity index (χ1n) is 11.8. The Bertz CT molecular complexity index is 967. The Morgan fingerprint density at radius 3 is 2.31 bits per heavy atom. The summed E-state index contributed by atoms with van der Waals surface area (Å²) in [6.07, 6.45) is 0.617. The van der Waals surface area contributed by atoms with Crippen LogP contribution in [0, 0.1) is 5.92 Å². The van der Waals surface area contributed by atoms with Gasteiger partial charge in [0.15, 0.2) is 0 Å². The lowest BCUT2D eigenvalue weighted by atomic mass is 9.98. The number of phenols is 1. The first-order chi connectivity index (χ1) is 16.9. The molecular weight excluding hydrogens is 472 g/mol. The molecule has 0 aromatic heterocycles. The summed E-state index contributed by atoms with van der Waals surface area (Å²) in [6.45, 7) is 3.64. The van der Waals surface area contributed by atoms with Crippen molar-refractivity contribution in [1.82, 2.24) is 15.5 Å². The van der Waals surface area contributed by atoms with Crippen molar-refractivity contribution < 1.29 is 39.3 Å². The normalized spacial score (nSPS) is 18.5. The summed E-state index contributed by atoms with van der Waals surface area (Å²) in [5.41, 5.74) is 6.61. The lowest BCUT2D eigenvalue weighted by Crippen LogP contribution is -2.57. The fourth-order valence-corrected chi connectivity index (χ4v) is 4.07. The highest BCUT2D eigenvalue weighted by Gasteiger charge is 2.40. The molecule has 12 nitrogen and oxygen atoms in total. The first-order valence-corrected chi connectivity index (χ1v) is 11.8. The minimum atomic E-state index is -1.46. The Balaban J connectivity index is 2.12. The van der Waals surface area contributed by atoms with Crippen molar-refractivity contribution >= 4 is 29.7 Å². The zero-order valence-corrected chi connectivity index (χ0v) is 20.3. The van der Waals surface area contributed by atoms with Crippen molar-refractivity contribution in [3.05, 3.63) is 29.8 Å². The van der Waals surface area contributed by atoms with E-state index in [1.165, 1.54) is 17.0 Å². The number of hydrogen-bond acceptors (Lipinski definition) is 7. The third-order valence-corrected chi connectivity index (χ3v) is 6.34. The number of carbonyl (C=O) groups excluding carboxylic acids is 3. The van der Waals surface area contributed by atoms with Gasteiger partial charge in [-0.05, 0) is 42.9 Å². The summed E-state index contributed by atoms with van der Waals surface area (Å²) in [7, 11) is 0. The Kier molecular flexibility index (Phi) is 10.2. The van der Waals surface area contributed by atoms with Crippen molar-refractivity contribution in [3.8, 4) is 5.75 Å². The van der Waals surface area contributed by atoms with Crippen LogP contribution in [0.3, 0.4) is 0 Å². The third-order valence-electron chi connectivity index (χ3n) is 6.34. The van der Waals surface area contributed by atoms with Crippen LogP contribution in [0.15, 0.2) is 24.3 Å². The molecule has 1 aliphatic heterocycles. The summed E-state index contributed by atoms with van der Waals surface area (Å²) in [4.78, 5) is 63.0. The number of amides is 3. The van der Waals surface area contributed by atoms with Gasteiger partial charge in [-0.2, -0.15) is 0 Å². The number of likely N-dealkylation sites (tertiary alicyclic amines) is 1. The molecule has 2 rings (SSSR count). The minimum Gasteiger partial charge on any atom is -0.508 e. The molecule has 198 valence electrons. The molecule has 1 aromatic rings. The second-order valence-corrected chi connectivity index (χ2v) is 9.04. The number of carboxylic acid groups (broad SMARTS) is 2. The number of nitrogens with zero attached hydrogens (tertiary/aromatic N) is 1. The zero-order chi connectivity index (χ0) is 27.0. The number of hydrogen-bond donors (Lipinski definition) is 6. The largest absolute Gasteiger partial charge is 0.508 e. The molecular formula is C24H34N4O8. The number of rotatable bonds is 12. The number of aromatic hydroxyl groups is 1. The number of carbonyl (C=O) groups is 5. The van der Waals surface area contributed by atoms with E-state index >= 15 is 0 Å². The van der Waals surface area contributed by atoms with E-state index in [2.05, 4.69) is 10.6 Å². The van der Waals surface area contributed by atoms with Crippen LogP contribution in [0.1, 0.15) is 45.1 Å². The van der Waals surface area contributed by atoms with Crippen molar-refractivity contribution in [2.24, 2.45) is 11.7 Å². The predicted molar refractivity (Wildman–Crippen MR) is 128 cm³/mol. The summed E-state index contributed by atoms with van der Waals surface area (Å²) >= 11 is 0. The predicted octanol–water partition coefficient (Wildman–Crippen LogP) is -0.172. The highest BCUT2D eigenvalue weighted by molar-refractivity contribution is 5.96. The maximum atomic E-state index is 13.2. The Labute approximate surface area is 208 Å². The van der Waals surface area contributed by atoms with Crippen LogP contribution in [-0.2, 0) is 30.4 Å². The number of aliphatic carboxylic acids is 2. The van der Waals surface area contributed by atoms with Gasteiger partial charge in [0.2, 0.25) is 17.7 Å². The zero-order valence-electron chi connectivity index (χ0n) is 20.3. The molecule has 3 amide bonds. The maximum absolute atomic E-state index is 13.2. The molecule has 0 spiro atoms. The number of nitrogens with two attached hydrogens (primary N) is 1. The van der Waals surface area contributed by atoms with Gasteiger partial charge >= 0.3 is 11.9 Å². The average molecular weight is 507 g/mol. The van der Waals surface area contributed by atoms with E-state index in [0.29, 0.717) is 18.4 Å². The number of benzene rings is 1. The Morgan fingerprint density at radius 1 is 1.11 bits per heavy atom. The van der Waals surface area contributed by atoms with Crippen molar-refractivity contribution in [3.63, 3.8) is 0 Å². The number of phenolic OH excluding ortho intramolecular Hbond substituents is 1. The summed E-state index contributed by atoms with van der Waals surface area (Å²) in [5.74, 6) is -4.95. The topological polar surface area (TPSA) is 199 Å². The molecule has 1 fully saturated rings. The van der Waals surface area contributed by atoms with E-state index in [4.69, 9.17) is 5.73 Å². The van der Waals surface area contributed by atoms with Crippen LogP contribution in [0.25, 0.3) is 0 Å². The average Bonchev–Trinajstić information content (AvgIpc) is 3.32. The monoisotopic (exact) mass is 506 g/mol. The van der Waals surface area contributed by atoms with Crippen molar-refractivity contribution in [1.29, 1.82) is 0 Å². The van der Waals surface area contributed by atoms with Crippen molar-refractivity contribution in [2.45, 2.75) is 70.1 Å². The highest BCUT2D eigenvalue weighted by Crippen LogP contribution is 2.21. The fourth-order valence-electron chi connectivity index (χ4n) is 4.07. The van der Waals surface area contributed by atoms with Gasteiger partial charge in [-0.3, -0.25) is 19.2 Å². The van der Waals surface area contributed by atoms with Crippen LogP contribution in [0.4, 0.5) is 0 Å². The van der Waals surface area contributed by atoms with Gasteiger partial charge in [0, 0.05) is 6.54 Å².